The number of H-pyrrole nitrogens is 2. The lowest BCUT2D eigenvalue weighted by molar-refractivity contribution is -0.386. The smallest absolute Gasteiger partial charge is 0.325 e. The van der Waals surface area contributed by atoms with Gasteiger partial charge < -0.3 is 14.8 Å². The SMILES string of the molecule is CCOc1cc(Cc2c(C)[nH]c(=O)[nH]c2=O)cc([N+](=O)[O-])c1O. The second-order valence-corrected chi connectivity index (χ2v) is 4.84. The van der Waals surface area contributed by atoms with E-state index >= 15 is 0 Å². The fraction of sp³-hybridized carbons (Fsp3) is 0.286. The number of aromatic amines is 2. The number of nitro benzene ring substituents is 1. The number of aryl methyl sites for hydroxylation is 1. The van der Waals surface area contributed by atoms with Crippen molar-refractivity contribution in [3.8, 4) is 11.5 Å². The fourth-order valence-corrected chi connectivity index (χ4v) is 2.20. The first-order chi connectivity index (χ1) is 10.8. The standard InChI is InChI=1S/C14H15N3O6/c1-3-23-11-6-8(5-10(12(11)18)17(21)22)4-9-7(2)15-14(20)16-13(9)19/h5-6,18H,3-4H2,1-2H3,(H2,15,16,19,20). The van der Waals surface area contributed by atoms with Crippen LogP contribution < -0.4 is 16.0 Å². The van der Waals surface area contributed by atoms with Crippen molar-refractivity contribution in [2.45, 2.75) is 20.3 Å². The first-order valence-electron chi connectivity index (χ1n) is 6.78. The Morgan fingerprint density at radius 2 is 2.00 bits per heavy atom. The summed E-state index contributed by atoms with van der Waals surface area (Å²) in [6, 6.07) is 2.59. The highest BCUT2D eigenvalue weighted by Crippen LogP contribution is 2.37. The number of nitrogens with one attached hydrogen (secondary N) is 2. The van der Waals surface area contributed by atoms with Crippen molar-refractivity contribution in [1.29, 1.82) is 0 Å². The average Bonchev–Trinajstić information content (AvgIpc) is 2.45. The number of rotatable bonds is 5. The number of nitrogens with zero attached hydrogens (tertiary/aromatic N) is 1. The zero-order valence-corrected chi connectivity index (χ0v) is 12.5. The van der Waals surface area contributed by atoms with Gasteiger partial charge in [0.05, 0.1) is 11.5 Å². The molecule has 1 heterocycles. The van der Waals surface area contributed by atoms with Gasteiger partial charge in [-0.25, -0.2) is 4.79 Å². The van der Waals surface area contributed by atoms with Crippen LogP contribution in [0.2, 0.25) is 0 Å². The maximum Gasteiger partial charge on any atom is 0.325 e. The van der Waals surface area contributed by atoms with Gasteiger partial charge in [0.1, 0.15) is 0 Å². The van der Waals surface area contributed by atoms with Crippen LogP contribution in [-0.4, -0.2) is 26.6 Å². The summed E-state index contributed by atoms with van der Waals surface area (Å²) in [7, 11) is 0. The minimum atomic E-state index is -0.731. The zero-order chi connectivity index (χ0) is 17.1. The van der Waals surface area contributed by atoms with E-state index in [0.717, 1.165) is 0 Å². The largest absolute Gasteiger partial charge is 0.500 e. The van der Waals surface area contributed by atoms with Gasteiger partial charge in [0, 0.05) is 23.7 Å². The zero-order valence-electron chi connectivity index (χ0n) is 12.5. The molecule has 9 heteroatoms. The summed E-state index contributed by atoms with van der Waals surface area (Å²) >= 11 is 0. The first kappa shape index (κ1) is 16.3. The maximum atomic E-state index is 11.9. The topological polar surface area (TPSA) is 138 Å². The summed E-state index contributed by atoms with van der Waals surface area (Å²) in [4.78, 5) is 37.9. The third-order valence-corrected chi connectivity index (χ3v) is 3.25. The summed E-state index contributed by atoms with van der Waals surface area (Å²) in [5.74, 6) is -0.595. The Balaban J connectivity index is 2.54. The second-order valence-electron chi connectivity index (χ2n) is 4.84. The Kier molecular flexibility index (Phi) is 4.49. The van der Waals surface area contributed by atoms with Gasteiger partial charge >= 0.3 is 11.4 Å². The van der Waals surface area contributed by atoms with Crippen LogP contribution >= 0.6 is 0 Å². The third-order valence-electron chi connectivity index (χ3n) is 3.25. The quantitative estimate of drug-likeness (QED) is 0.554. The molecular weight excluding hydrogens is 306 g/mol. The molecule has 0 radical (unpaired) electrons. The Morgan fingerprint density at radius 1 is 1.30 bits per heavy atom. The molecule has 0 fully saturated rings. The minimum Gasteiger partial charge on any atom is -0.500 e. The lowest BCUT2D eigenvalue weighted by Crippen LogP contribution is -2.27. The number of nitro groups is 1. The van der Waals surface area contributed by atoms with Crippen molar-refractivity contribution in [3.05, 3.63) is 59.9 Å². The molecule has 3 N–H and O–H groups in total. The molecule has 122 valence electrons. The maximum absolute atomic E-state index is 11.9. The molecule has 0 amide bonds. The van der Waals surface area contributed by atoms with Crippen molar-refractivity contribution in [3.63, 3.8) is 0 Å². The number of aromatic nitrogens is 2. The number of hydrogen-bond donors (Lipinski definition) is 3. The third kappa shape index (κ3) is 3.39. The van der Waals surface area contributed by atoms with E-state index in [1.54, 1.807) is 13.8 Å². The van der Waals surface area contributed by atoms with Gasteiger partial charge in [0.2, 0.25) is 5.75 Å². The Bertz CT molecular complexity index is 868. The average molecular weight is 321 g/mol. The minimum absolute atomic E-state index is 0.0322. The van der Waals surface area contributed by atoms with Crippen molar-refractivity contribution in [2.24, 2.45) is 0 Å². The van der Waals surface area contributed by atoms with E-state index in [9.17, 15) is 24.8 Å². The van der Waals surface area contributed by atoms with Crippen LogP contribution in [-0.2, 0) is 6.42 Å². The van der Waals surface area contributed by atoms with Crippen LogP contribution in [0.4, 0.5) is 5.69 Å². The molecule has 23 heavy (non-hydrogen) atoms. The number of hydrogen-bond acceptors (Lipinski definition) is 6. The predicted molar refractivity (Wildman–Crippen MR) is 81.2 cm³/mol. The molecule has 2 rings (SSSR count). The summed E-state index contributed by atoms with van der Waals surface area (Å²) in [5, 5.41) is 20.9. The molecular formula is C14H15N3O6. The van der Waals surface area contributed by atoms with Crippen molar-refractivity contribution in [1.82, 2.24) is 9.97 Å². The number of benzene rings is 1. The normalized spacial score (nSPS) is 10.5. The van der Waals surface area contributed by atoms with E-state index in [-0.39, 0.29) is 24.3 Å². The highest BCUT2D eigenvalue weighted by molar-refractivity contribution is 5.57. The number of aromatic hydroxyl groups is 1. The first-order valence-corrected chi connectivity index (χ1v) is 6.78. The van der Waals surface area contributed by atoms with E-state index in [1.165, 1.54) is 12.1 Å². The predicted octanol–water partition coefficient (Wildman–Crippen LogP) is 0.975. The van der Waals surface area contributed by atoms with E-state index in [0.29, 0.717) is 11.3 Å². The van der Waals surface area contributed by atoms with E-state index in [2.05, 4.69) is 9.97 Å². The molecule has 0 saturated heterocycles. The molecule has 0 atom stereocenters. The molecule has 0 aliphatic heterocycles. The van der Waals surface area contributed by atoms with Crippen LogP contribution in [0.15, 0.2) is 21.7 Å². The van der Waals surface area contributed by atoms with Crippen molar-refractivity contribution in [2.75, 3.05) is 6.61 Å². The Hall–Kier alpha value is -3.10. The molecule has 0 spiro atoms. The summed E-state index contributed by atoms with van der Waals surface area (Å²) in [5.41, 5.74) is -0.662. The number of phenols is 1. The van der Waals surface area contributed by atoms with E-state index < -0.39 is 27.6 Å². The highest BCUT2D eigenvalue weighted by Gasteiger charge is 2.21. The molecule has 1 aromatic carbocycles. The fourth-order valence-electron chi connectivity index (χ4n) is 2.20. The van der Waals surface area contributed by atoms with Crippen molar-refractivity contribution >= 4 is 5.69 Å². The molecule has 2 aromatic rings. The summed E-state index contributed by atoms with van der Waals surface area (Å²) < 4.78 is 5.19. The second kappa shape index (κ2) is 6.34. The van der Waals surface area contributed by atoms with Crippen molar-refractivity contribution < 1.29 is 14.8 Å². The lowest BCUT2D eigenvalue weighted by atomic mass is 10.0. The van der Waals surface area contributed by atoms with Gasteiger partial charge in [0.25, 0.3) is 5.56 Å². The monoisotopic (exact) mass is 321 g/mol. The van der Waals surface area contributed by atoms with Gasteiger partial charge in [0.15, 0.2) is 5.75 Å². The van der Waals surface area contributed by atoms with Gasteiger partial charge in [-0.1, -0.05) is 0 Å². The molecule has 0 aliphatic rings. The van der Waals surface area contributed by atoms with Crippen LogP contribution in [0.3, 0.4) is 0 Å². The van der Waals surface area contributed by atoms with Crippen LogP contribution in [0.25, 0.3) is 0 Å². The summed E-state index contributed by atoms with van der Waals surface area (Å²) in [6.45, 7) is 3.45. The highest BCUT2D eigenvalue weighted by atomic mass is 16.6. The number of phenolic OH excluding ortho intramolecular Hbond substituents is 1. The van der Waals surface area contributed by atoms with Crippen LogP contribution in [0.1, 0.15) is 23.7 Å². The van der Waals surface area contributed by atoms with Crippen LogP contribution in [0, 0.1) is 17.0 Å². The summed E-state index contributed by atoms with van der Waals surface area (Å²) in [6.07, 6.45) is 0.0408. The molecule has 0 unspecified atom stereocenters. The van der Waals surface area contributed by atoms with Crippen LogP contribution in [0.5, 0.6) is 11.5 Å². The lowest BCUT2D eigenvalue weighted by Gasteiger charge is -2.10. The van der Waals surface area contributed by atoms with E-state index in [4.69, 9.17) is 4.74 Å². The molecule has 1 aromatic heterocycles. The van der Waals surface area contributed by atoms with Gasteiger partial charge in [-0.2, -0.15) is 0 Å². The van der Waals surface area contributed by atoms with E-state index in [1.807, 2.05) is 0 Å². The number of ether oxygens (including phenoxy) is 1. The Labute approximate surface area is 129 Å². The van der Waals surface area contributed by atoms with Gasteiger partial charge in [-0.3, -0.25) is 19.9 Å². The van der Waals surface area contributed by atoms with Gasteiger partial charge in [-0.15, -0.1) is 0 Å². The molecule has 9 nitrogen and oxygen atoms in total. The molecule has 0 saturated carbocycles. The van der Waals surface area contributed by atoms with Gasteiger partial charge in [-0.05, 0) is 25.5 Å². The Morgan fingerprint density at radius 3 is 2.57 bits per heavy atom. The molecule has 0 aliphatic carbocycles. The molecule has 0 bridgehead atoms.